The minimum Gasteiger partial charge on any atom is -0.497 e. The molecule has 0 radical (unpaired) electrons. The van der Waals surface area contributed by atoms with Crippen LogP contribution in [-0.4, -0.2) is 24.8 Å². The molecule has 0 saturated carbocycles. The zero-order chi connectivity index (χ0) is 14.5. The van der Waals surface area contributed by atoms with Gasteiger partial charge in [-0.25, -0.2) is 4.79 Å². The molecule has 0 aromatic heterocycles. The summed E-state index contributed by atoms with van der Waals surface area (Å²) in [5, 5.41) is 9.31. The fraction of sp³-hybridized carbons (Fsp3) is 0.188. The van der Waals surface area contributed by atoms with E-state index in [1.54, 1.807) is 12.1 Å². The lowest BCUT2D eigenvalue weighted by Crippen LogP contribution is -2.00. The number of methoxy groups -OCH3 is 1. The predicted molar refractivity (Wildman–Crippen MR) is 76.6 cm³/mol. The van der Waals surface area contributed by atoms with Gasteiger partial charge in [0.2, 0.25) is 0 Å². The van der Waals surface area contributed by atoms with Crippen molar-refractivity contribution in [1.82, 2.24) is 0 Å². The molecule has 4 heteroatoms. The molecule has 0 atom stereocenters. The SMILES string of the molecule is CCOc1ccc(-c2ccc(OC)cc2C(=O)O)cc1. The molecule has 2 aromatic rings. The molecule has 1 N–H and O–H groups in total. The Bertz CT molecular complexity index is 602. The van der Waals surface area contributed by atoms with E-state index in [1.807, 2.05) is 31.2 Å². The summed E-state index contributed by atoms with van der Waals surface area (Å²) in [4.78, 5) is 11.4. The largest absolute Gasteiger partial charge is 0.497 e. The summed E-state index contributed by atoms with van der Waals surface area (Å²) in [6.45, 7) is 2.52. The summed E-state index contributed by atoms with van der Waals surface area (Å²) >= 11 is 0. The van der Waals surface area contributed by atoms with Crippen LogP contribution < -0.4 is 9.47 Å². The van der Waals surface area contributed by atoms with Crippen molar-refractivity contribution >= 4 is 5.97 Å². The first-order valence-corrected chi connectivity index (χ1v) is 6.30. The average molecular weight is 272 g/mol. The van der Waals surface area contributed by atoms with Crippen molar-refractivity contribution in [2.24, 2.45) is 0 Å². The number of carboxylic acid groups (broad SMARTS) is 1. The number of rotatable bonds is 5. The van der Waals surface area contributed by atoms with E-state index in [9.17, 15) is 9.90 Å². The van der Waals surface area contributed by atoms with Gasteiger partial charge in [-0.1, -0.05) is 12.1 Å². The van der Waals surface area contributed by atoms with Crippen molar-refractivity contribution in [3.8, 4) is 22.6 Å². The number of carboxylic acids is 1. The van der Waals surface area contributed by atoms with Crippen LogP contribution in [0, 0.1) is 0 Å². The number of hydrogen-bond acceptors (Lipinski definition) is 3. The maximum absolute atomic E-state index is 11.4. The maximum atomic E-state index is 11.4. The third-order valence-corrected chi connectivity index (χ3v) is 2.93. The van der Waals surface area contributed by atoms with Gasteiger partial charge in [-0.2, -0.15) is 0 Å². The third kappa shape index (κ3) is 2.91. The number of carbonyl (C=O) groups is 1. The number of hydrogen-bond donors (Lipinski definition) is 1. The van der Waals surface area contributed by atoms with Crippen LogP contribution in [0.5, 0.6) is 11.5 Å². The van der Waals surface area contributed by atoms with Gasteiger partial charge in [0.25, 0.3) is 0 Å². The molecule has 0 aliphatic rings. The highest BCUT2D eigenvalue weighted by Crippen LogP contribution is 2.28. The topological polar surface area (TPSA) is 55.8 Å². The normalized spacial score (nSPS) is 10.1. The minimum absolute atomic E-state index is 0.216. The Morgan fingerprint density at radius 1 is 1.10 bits per heavy atom. The van der Waals surface area contributed by atoms with E-state index in [4.69, 9.17) is 9.47 Å². The van der Waals surface area contributed by atoms with Gasteiger partial charge < -0.3 is 14.6 Å². The van der Waals surface area contributed by atoms with Crippen LogP contribution in [0.15, 0.2) is 42.5 Å². The van der Waals surface area contributed by atoms with E-state index >= 15 is 0 Å². The molecule has 0 amide bonds. The molecule has 2 rings (SSSR count). The van der Waals surface area contributed by atoms with E-state index < -0.39 is 5.97 Å². The van der Waals surface area contributed by atoms with Crippen molar-refractivity contribution in [2.75, 3.05) is 13.7 Å². The first-order chi connectivity index (χ1) is 9.65. The fourth-order valence-electron chi connectivity index (χ4n) is 1.98. The molecule has 0 fully saturated rings. The van der Waals surface area contributed by atoms with E-state index in [0.29, 0.717) is 17.9 Å². The Hall–Kier alpha value is -2.49. The molecule has 0 bridgehead atoms. The van der Waals surface area contributed by atoms with Crippen molar-refractivity contribution in [3.05, 3.63) is 48.0 Å². The van der Waals surface area contributed by atoms with Crippen molar-refractivity contribution in [3.63, 3.8) is 0 Å². The predicted octanol–water partition coefficient (Wildman–Crippen LogP) is 3.46. The molecule has 4 nitrogen and oxygen atoms in total. The van der Waals surface area contributed by atoms with Gasteiger partial charge in [0, 0.05) is 0 Å². The Kier molecular flexibility index (Phi) is 4.25. The molecule has 20 heavy (non-hydrogen) atoms. The molecule has 0 unspecified atom stereocenters. The van der Waals surface area contributed by atoms with Crippen LogP contribution in [0.25, 0.3) is 11.1 Å². The van der Waals surface area contributed by atoms with Crippen LogP contribution in [0.1, 0.15) is 17.3 Å². The molecule has 0 spiro atoms. The lowest BCUT2D eigenvalue weighted by atomic mass is 9.99. The maximum Gasteiger partial charge on any atom is 0.336 e. The van der Waals surface area contributed by atoms with E-state index in [0.717, 1.165) is 11.3 Å². The summed E-state index contributed by atoms with van der Waals surface area (Å²) in [5.41, 5.74) is 1.70. The summed E-state index contributed by atoms with van der Waals surface area (Å²) in [7, 11) is 1.51. The molecular weight excluding hydrogens is 256 g/mol. The Labute approximate surface area is 117 Å². The molecule has 0 aliphatic carbocycles. The van der Waals surface area contributed by atoms with Gasteiger partial charge in [0.15, 0.2) is 0 Å². The fourth-order valence-corrected chi connectivity index (χ4v) is 1.98. The Morgan fingerprint density at radius 2 is 1.75 bits per heavy atom. The van der Waals surface area contributed by atoms with Gasteiger partial charge in [-0.15, -0.1) is 0 Å². The second-order valence-corrected chi connectivity index (χ2v) is 4.17. The van der Waals surface area contributed by atoms with Crippen molar-refractivity contribution in [2.45, 2.75) is 6.92 Å². The standard InChI is InChI=1S/C16H16O4/c1-3-20-12-6-4-11(5-7-12)14-9-8-13(19-2)10-15(14)16(17)18/h4-10H,3H2,1-2H3,(H,17,18). The van der Waals surface area contributed by atoms with Crippen LogP contribution in [0.2, 0.25) is 0 Å². The monoisotopic (exact) mass is 272 g/mol. The molecule has 2 aromatic carbocycles. The van der Waals surface area contributed by atoms with Gasteiger partial charge in [-0.3, -0.25) is 0 Å². The van der Waals surface area contributed by atoms with Gasteiger partial charge in [0.05, 0.1) is 19.3 Å². The second-order valence-electron chi connectivity index (χ2n) is 4.17. The lowest BCUT2D eigenvalue weighted by Gasteiger charge is -2.09. The smallest absolute Gasteiger partial charge is 0.336 e. The van der Waals surface area contributed by atoms with Crippen molar-refractivity contribution in [1.29, 1.82) is 0 Å². The summed E-state index contributed by atoms with van der Waals surface area (Å²) in [6.07, 6.45) is 0. The second kappa shape index (κ2) is 6.10. The molecule has 0 heterocycles. The molecular formula is C16H16O4. The van der Waals surface area contributed by atoms with Crippen LogP contribution in [0.4, 0.5) is 0 Å². The first kappa shape index (κ1) is 13.9. The van der Waals surface area contributed by atoms with Crippen LogP contribution >= 0.6 is 0 Å². The lowest BCUT2D eigenvalue weighted by molar-refractivity contribution is 0.0697. The summed E-state index contributed by atoms with van der Waals surface area (Å²) < 4.78 is 10.4. The van der Waals surface area contributed by atoms with Crippen LogP contribution in [0.3, 0.4) is 0 Å². The Morgan fingerprint density at radius 3 is 2.30 bits per heavy atom. The quantitative estimate of drug-likeness (QED) is 0.905. The average Bonchev–Trinajstić information content (AvgIpc) is 2.48. The number of ether oxygens (including phenoxy) is 2. The number of benzene rings is 2. The van der Waals surface area contributed by atoms with E-state index in [1.165, 1.54) is 13.2 Å². The van der Waals surface area contributed by atoms with Gasteiger partial charge in [-0.05, 0) is 48.4 Å². The van der Waals surface area contributed by atoms with E-state index in [2.05, 4.69) is 0 Å². The first-order valence-electron chi connectivity index (χ1n) is 6.30. The van der Waals surface area contributed by atoms with Gasteiger partial charge >= 0.3 is 5.97 Å². The highest BCUT2D eigenvalue weighted by molar-refractivity contribution is 5.96. The minimum atomic E-state index is -0.979. The molecule has 0 saturated heterocycles. The molecule has 104 valence electrons. The van der Waals surface area contributed by atoms with E-state index in [-0.39, 0.29) is 5.56 Å². The highest BCUT2D eigenvalue weighted by atomic mass is 16.5. The van der Waals surface area contributed by atoms with Gasteiger partial charge in [0.1, 0.15) is 11.5 Å². The highest BCUT2D eigenvalue weighted by Gasteiger charge is 2.13. The zero-order valence-corrected chi connectivity index (χ0v) is 11.4. The number of aromatic carboxylic acids is 1. The zero-order valence-electron chi connectivity index (χ0n) is 11.4. The summed E-state index contributed by atoms with van der Waals surface area (Å²) in [6, 6.07) is 12.4. The summed E-state index contributed by atoms with van der Waals surface area (Å²) in [5.74, 6) is 0.312. The third-order valence-electron chi connectivity index (χ3n) is 2.93. The van der Waals surface area contributed by atoms with Crippen molar-refractivity contribution < 1.29 is 19.4 Å². The Balaban J connectivity index is 2.43. The molecule has 0 aliphatic heterocycles. The van der Waals surface area contributed by atoms with Crippen LogP contribution in [-0.2, 0) is 0 Å².